The number of aliphatic hydroxyl groups excluding tert-OH is 1. The lowest BCUT2D eigenvalue weighted by Gasteiger charge is -2.30. The Morgan fingerprint density at radius 1 is 1.50 bits per heavy atom. The lowest BCUT2D eigenvalue weighted by atomic mass is 10.1. The molecule has 0 radical (unpaired) electrons. The maximum absolute atomic E-state index is 10.1. The molecule has 1 aromatic heterocycles. The zero-order chi connectivity index (χ0) is 13.2. The number of fused-ring (bicyclic) bond motifs is 1. The zero-order valence-corrected chi connectivity index (χ0v) is 12.4. The Labute approximate surface area is 114 Å². The van der Waals surface area contributed by atoms with Gasteiger partial charge in [0, 0.05) is 36.6 Å². The predicted octanol–water partition coefficient (Wildman–Crippen LogP) is 1.86. The molecule has 0 bridgehead atoms. The first kappa shape index (κ1) is 14.0. The van der Waals surface area contributed by atoms with Crippen LogP contribution in [-0.4, -0.2) is 41.3 Å². The molecule has 0 saturated heterocycles. The molecule has 0 aliphatic carbocycles. The molecule has 2 heterocycles. The number of rotatable bonds is 4. The van der Waals surface area contributed by atoms with Gasteiger partial charge >= 0.3 is 0 Å². The van der Waals surface area contributed by atoms with Crippen molar-refractivity contribution >= 4 is 11.3 Å². The summed E-state index contributed by atoms with van der Waals surface area (Å²) in [6.45, 7) is 9.86. The van der Waals surface area contributed by atoms with Crippen molar-refractivity contribution in [3.8, 4) is 0 Å². The summed E-state index contributed by atoms with van der Waals surface area (Å²) in [5.41, 5.74) is 1.52. The number of β-amino-alcohol motifs (C(OH)–C–C–N with tert-alkyl or cyclic N) is 1. The summed E-state index contributed by atoms with van der Waals surface area (Å²) in [5, 5.41) is 15.6. The summed E-state index contributed by atoms with van der Waals surface area (Å²) in [6.07, 6.45) is 0.844. The highest BCUT2D eigenvalue weighted by Crippen LogP contribution is 2.23. The van der Waals surface area contributed by atoms with Crippen LogP contribution in [0.2, 0.25) is 0 Å². The smallest absolute Gasteiger partial charge is 0.0791 e. The number of nitrogens with zero attached hydrogens (tertiary/aromatic N) is 1. The molecule has 0 spiro atoms. The molecule has 2 rings (SSSR count). The van der Waals surface area contributed by atoms with Gasteiger partial charge in [-0.05, 0) is 44.2 Å². The molecule has 3 nitrogen and oxygen atoms in total. The monoisotopic (exact) mass is 268 g/mol. The Morgan fingerprint density at radius 2 is 2.28 bits per heavy atom. The normalized spacial score (nSPS) is 18.7. The number of hydrogen-bond acceptors (Lipinski definition) is 4. The van der Waals surface area contributed by atoms with Gasteiger partial charge in [0.05, 0.1) is 6.10 Å². The van der Waals surface area contributed by atoms with Crippen LogP contribution in [0.4, 0.5) is 0 Å². The van der Waals surface area contributed by atoms with Gasteiger partial charge < -0.3 is 10.4 Å². The zero-order valence-electron chi connectivity index (χ0n) is 11.6. The van der Waals surface area contributed by atoms with E-state index in [1.807, 2.05) is 11.3 Å². The van der Waals surface area contributed by atoms with Crippen LogP contribution in [0.3, 0.4) is 0 Å². The van der Waals surface area contributed by atoms with Crippen LogP contribution in [0.25, 0.3) is 0 Å². The van der Waals surface area contributed by atoms with Crippen molar-refractivity contribution in [3.63, 3.8) is 0 Å². The second-order valence-electron chi connectivity index (χ2n) is 6.14. The number of nitrogens with one attached hydrogen (secondary N) is 1. The van der Waals surface area contributed by atoms with Crippen molar-refractivity contribution in [3.05, 3.63) is 21.9 Å². The minimum Gasteiger partial charge on any atom is -0.390 e. The fourth-order valence-electron chi connectivity index (χ4n) is 2.25. The molecule has 2 N–H and O–H groups in total. The lowest BCUT2D eigenvalue weighted by Crippen LogP contribution is -2.45. The number of hydrogen-bond donors (Lipinski definition) is 2. The number of aliphatic hydroxyl groups is 1. The van der Waals surface area contributed by atoms with Gasteiger partial charge in [-0.2, -0.15) is 0 Å². The van der Waals surface area contributed by atoms with Crippen molar-refractivity contribution in [2.75, 3.05) is 19.6 Å². The van der Waals surface area contributed by atoms with E-state index >= 15 is 0 Å². The van der Waals surface area contributed by atoms with Crippen LogP contribution in [0.5, 0.6) is 0 Å². The highest BCUT2D eigenvalue weighted by atomic mass is 32.1. The Balaban J connectivity index is 1.77. The molecular weight excluding hydrogens is 244 g/mol. The molecule has 1 aromatic rings. The predicted molar refractivity (Wildman–Crippen MR) is 77.1 cm³/mol. The van der Waals surface area contributed by atoms with Gasteiger partial charge in [0.15, 0.2) is 0 Å². The summed E-state index contributed by atoms with van der Waals surface area (Å²) in [5.74, 6) is 0. The molecule has 0 aromatic carbocycles. The Bertz CT molecular complexity index is 383. The second kappa shape index (κ2) is 5.70. The summed E-state index contributed by atoms with van der Waals surface area (Å²) in [7, 11) is 0. The van der Waals surface area contributed by atoms with Gasteiger partial charge in [0.2, 0.25) is 0 Å². The summed E-state index contributed by atoms with van der Waals surface area (Å²) >= 11 is 1.86. The molecule has 1 aliphatic heterocycles. The third-order valence-corrected chi connectivity index (χ3v) is 4.25. The third kappa shape index (κ3) is 4.05. The van der Waals surface area contributed by atoms with E-state index < -0.39 is 0 Å². The van der Waals surface area contributed by atoms with E-state index in [-0.39, 0.29) is 11.6 Å². The summed E-state index contributed by atoms with van der Waals surface area (Å²) in [4.78, 5) is 3.87. The quantitative estimate of drug-likeness (QED) is 0.875. The van der Waals surface area contributed by atoms with Gasteiger partial charge in [-0.1, -0.05) is 0 Å². The minimum absolute atomic E-state index is 0.0728. The van der Waals surface area contributed by atoms with Crippen molar-refractivity contribution in [1.29, 1.82) is 0 Å². The first-order chi connectivity index (χ1) is 8.44. The Morgan fingerprint density at radius 3 is 3.00 bits per heavy atom. The average Bonchev–Trinajstić information content (AvgIpc) is 2.72. The van der Waals surface area contributed by atoms with Crippen LogP contribution in [0.1, 0.15) is 31.2 Å². The van der Waals surface area contributed by atoms with E-state index in [1.54, 1.807) is 0 Å². The fraction of sp³-hybridized carbons (Fsp3) is 0.714. The summed E-state index contributed by atoms with van der Waals surface area (Å²) < 4.78 is 0. The van der Waals surface area contributed by atoms with Crippen LogP contribution < -0.4 is 5.32 Å². The minimum atomic E-state index is -0.288. The topological polar surface area (TPSA) is 35.5 Å². The standard InChI is InChI=1S/C14H24N2OS/c1-14(2,3)15-8-12(17)10-16-6-4-13-11(9-16)5-7-18-13/h5,7,12,15,17H,4,6,8-10H2,1-3H3. The molecule has 4 heteroatoms. The Hall–Kier alpha value is -0.420. The first-order valence-corrected chi connectivity index (χ1v) is 7.53. The van der Waals surface area contributed by atoms with E-state index in [0.29, 0.717) is 6.54 Å². The van der Waals surface area contributed by atoms with Gasteiger partial charge in [-0.15, -0.1) is 11.3 Å². The molecule has 0 fully saturated rings. The van der Waals surface area contributed by atoms with Crippen LogP contribution in [0, 0.1) is 0 Å². The summed E-state index contributed by atoms with van der Waals surface area (Å²) in [6, 6.07) is 2.21. The molecule has 102 valence electrons. The Kier molecular flexibility index (Phi) is 4.43. The SMILES string of the molecule is CC(C)(C)NCC(O)CN1CCc2sccc2C1. The average molecular weight is 268 g/mol. The van der Waals surface area contributed by atoms with E-state index in [0.717, 1.165) is 26.1 Å². The highest BCUT2D eigenvalue weighted by Gasteiger charge is 2.20. The maximum Gasteiger partial charge on any atom is 0.0791 e. The van der Waals surface area contributed by atoms with E-state index in [4.69, 9.17) is 0 Å². The van der Waals surface area contributed by atoms with Gasteiger partial charge in [-0.3, -0.25) is 4.90 Å². The van der Waals surface area contributed by atoms with Crippen LogP contribution >= 0.6 is 11.3 Å². The maximum atomic E-state index is 10.1. The molecule has 0 saturated carbocycles. The van der Waals surface area contributed by atoms with Crippen molar-refractivity contribution in [1.82, 2.24) is 10.2 Å². The molecule has 1 atom stereocenters. The third-order valence-electron chi connectivity index (χ3n) is 3.22. The molecule has 1 unspecified atom stereocenters. The highest BCUT2D eigenvalue weighted by molar-refractivity contribution is 7.10. The molecule has 1 aliphatic rings. The molecule has 0 amide bonds. The van der Waals surface area contributed by atoms with Gasteiger partial charge in [0.25, 0.3) is 0 Å². The second-order valence-corrected chi connectivity index (χ2v) is 7.14. The lowest BCUT2D eigenvalue weighted by molar-refractivity contribution is 0.0991. The van der Waals surface area contributed by atoms with Gasteiger partial charge in [-0.25, -0.2) is 0 Å². The van der Waals surface area contributed by atoms with E-state index in [1.165, 1.54) is 10.4 Å². The molecular formula is C14H24N2OS. The van der Waals surface area contributed by atoms with Gasteiger partial charge in [0.1, 0.15) is 0 Å². The molecule has 18 heavy (non-hydrogen) atoms. The van der Waals surface area contributed by atoms with E-state index in [2.05, 4.69) is 42.4 Å². The fourth-order valence-corrected chi connectivity index (χ4v) is 3.14. The van der Waals surface area contributed by atoms with E-state index in [9.17, 15) is 5.11 Å². The van der Waals surface area contributed by atoms with Crippen LogP contribution in [0.15, 0.2) is 11.4 Å². The largest absolute Gasteiger partial charge is 0.390 e. The van der Waals surface area contributed by atoms with Crippen molar-refractivity contribution < 1.29 is 5.11 Å². The van der Waals surface area contributed by atoms with Crippen LogP contribution in [-0.2, 0) is 13.0 Å². The first-order valence-electron chi connectivity index (χ1n) is 6.65. The number of thiophene rings is 1. The van der Waals surface area contributed by atoms with Crippen molar-refractivity contribution in [2.24, 2.45) is 0 Å². The van der Waals surface area contributed by atoms with Crippen molar-refractivity contribution in [2.45, 2.75) is 45.4 Å².